The van der Waals surface area contributed by atoms with E-state index in [0.29, 0.717) is 4.88 Å². The average molecular weight is 365 g/mol. The van der Waals surface area contributed by atoms with E-state index in [1.807, 2.05) is 24.3 Å². The molecule has 4 rings (SSSR count). The van der Waals surface area contributed by atoms with E-state index in [1.165, 1.54) is 30.2 Å². The summed E-state index contributed by atoms with van der Waals surface area (Å²) in [6.45, 7) is 1.38. The normalized spacial score (nSPS) is 17.3. The molecule has 6 heteroatoms. The zero-order valence-electron chi connectivity index (χ0n) is 14.5. The van der Waals surface area contributed by atoms with Crippen LogP contribution in [-0.2, 0) is 15.0 Å². The second-order valence-corrected chi connectivity index (χ2v) is 7.89. The molecular formula is C20H19N3O2S. The molecule has 2 aliphatic rings. The van der Waals surface area contributed by atoms with Gasteiger partial charge in [0.2, 0.25) is 0 Å². The van der Waals surface area contributed by atoms with Gasteiger partial charge in [-0.1, -0.05) is 25.3 Å². The van der Waals surface area contributed by atoms with Gasteiger partial charge in [-0.25, -0.2) is 10.5 Å². The summed E-state index contributed by atoms with van der Waals surface area (Å²) >= 11 is 1.50. The van der Waals surface area contributed by atoms with Crippen molar-refractivity contribution in [1.29, 1.82) is 5.26 Å². The van der Waals surface area contributed by atoms with Crippen molar-refractivity contribution in [2.75, 3.05) is 0 Å². The number of carbonyl (C=O) groups excluding carboxylic acids is 1. The maximum absolute atomic E-state index is 11.2. The number of hydroxylamine groups is 1. The van der Waals surface area contributed by atoms with Crippen LogP contribution in [0.3, 0.4) is 0 Å². The summed E-state index contributed by atoms with van der Waals surface area (Å²) < 4.78 is 0. The summed E-state index contributed by atoms with van der Waals surface area (Å²) in [5.41, 5.74) is 5.83. The average Bonchev–Trinajstić information content (AvgIpc) is 3.24. The Labute approximate surface area is 156 Å². The molecule has 0 amide bonds. The standard InChI is InChI=1S/C20H19N3O2S/c1-13(24)25-23-19-20(9-3-2-4-10-20)16-11-14(5-7-17(16)22-19)18-8-6-15(12-21)26-18/h5-8,11H,2-4,9-10H2,1H3,(H,22,23). The molecule has 0 unspecified atom stereocenters. The van der Waals surface area contributed by atoms with Crippen molar-refractivity contribution in [3.05, 3.63) is 40.8 Å². The second kappa shape index (κ2) is 6.58. The molecule has 26 heavy (non-hydrogen) atoms. The molecule has 1 aliphatic heterocycles. The van der Waals surface area contributed by atoms with Crippen molar-refractivity contribution in [2.45, 2.75) is 44.4 Å². The Morgan fingerprint density at radius 3 is 2.77 bits per heavy atom. The van der Waals surface area contributed by atoms with Gasteiger partial charge < -0.3 is 4.84 Å². The number of hydrogen-bond acceptors (Lipinski definition) is 6. The van der Waals surface area contributed by atoms with E-state index in [0.717, 1.165) is 47.6 Å². The van der Waals surface area contributed by atoms with E-state index < -0.39 is 0 Å². The van der Waals surface area contributed by atoms with Gasteiger partial charge in [-0.05, 0) is 48.2 Å². The van der Waals surface area contributed by atoms with Gasteiger partial charge in [-0.15, -0.1) is 11.3 Å². The Morgan fingerprint density at radius 1 is 1.27 bits per heavy atom. The van der Waals surface area contributed by atoms with Gasteiger partial charge in [0.25, 0.3) is 0 Å². The number of fused-ring (bicyclic) bond motifs is 2. The van der Waals surface area contributed by atoms with Crippen LogP contribution in [0, 0.1) is 11.3 Å². The lowest BCUT2D eigenvalue weighted by Crippen LogP contribution is -2.44. The number of nitriles is 1. The molecule has 1 aromatic carbocycles. The molecule has 1 spiro atoms. The number of rotatable bonds is 1. The molecular weight excluding hydrogens is 346 g/mol. The molecule has 132 valence electrons. The van der Waals surface area contributed by atoms with Gasteiger partial charge in [0.05, 0.1) is 11.1 Å². The van der Waals surface area contributed by atoms with Gasteiger partial charge in [0, 0.05) is 11.8 Å². The molecule has 1 N–H and O–H groups in total. The van der Waals surface area contributed by atoms with Crippen molar-refractivity contribution in [1.82, 2.24) is 5.48 Å². The van der Waals surface area contributed by atoms with E-state index in [-0.39, 0.29) is 11.4 Å². The molecule has 0 radical (unpaired) electrons. The molecule has 1 aliphatic carbocycles. The van der Waals surface area contributed by atoms with Gasteiger partial charge in [-0.2, -0.15) is 5.26 Å². The van der Waals surface area contributed by atoms with Crippen LogP contribution in [0.15, 0.2) is 35.3 Å². The number of carbonyl (C=O) groups is 1. The van der Waals surface area contributed by atoms with E-state index in [9.17, 15) is 4.79 Å². The van der Waals surface area contributed by atoms with Gasteiger partial charge in [0.1, 0.15) is 16.8 Å². The summed E-state index contributed by atoms with van der Waals surface area (Å²) in [5, 5.41) is 9.08. The monoisotopic (exact) mass is 365 g/mol. The number of nitrogens with one attached hydrogen (secondary N) is 1. The number of thiophene rings is 1. The van der Waals surface area contributed by atoms with Crippen LogP contribution in [0.25, 0.3) is 10.4 Å². The molecule has 0 saturated heterocycles. The smallest absolute Gasteiger partial charge is 0.329 e. The number of hydrogen-bond donors (Lipinski definition) is 1. The first-order valence-corrected chi connectivity index (χ1v) is 9.61. The van der Waals surface area contributed by atoms with E-state index in [2.05, 4.69) is 17.6 Å². The molecule has 5 nitrogen and oxygen atoms in total. The molecule has 0 bridgehead atoms. The Bertz CT molecular complexity index is 933. The molecule has 2 aromatic rings. The van der Waals surface area contributed by atoms with Crippen LogP contribution in [-0.4, -0.2) is 11.8 Å². The lowest BCUT2D eigenvalue weighted by molar-refractivity contribution is -0.145. The quantitative estimate of drug-likeness (QED) is 0.750. The lowest BCUT2D eigenvalue weighted by Gasteiger charge is -2.35. The predicted molar refractivity (Wildman–Crippen MR) is 101 cm³/mol. The third kappa shape index (κ3) is 2.78. The van der Waals surface area contributed by atoms with Gasteiger partial charge in [-0.3, -0.25) is 4.79 Å². The molecule has 0 atom stereocenters. The highest BCUT2D eigenvalue weighted by Crippen LogP contribution is 2.49. The lowest BCUT2D eigenvalue weighted by atomic mass is 9.69. The largest absolute Gasteiger partial charge is 0.343 e. The highest BCUT2D eigenvalue weighted by Gasteiger charge is 2.45. The Balaban J connectivity index is 1.74. The summed E-state index contributed by atoms with van der Waals surface area (Å²) in [6, 6.07) is 12.3. The van der Waals surface area contributed by atoms with Crippen LogP contribution in [0.2, 0.25) is 0 Å². The highest BCUT2D eigenvalue weighted by atomic mass is 32.1. The highest BCUT2D eigenvalue weighted by molar-refractivity contribution is 7.16. The van der Waals surface area contributed by atoms with Crippen molar-refractivity contribution >= 4 is 28.8 Å². The zero-order valence-corrected chi connectivity index (χ0v) is 15.4. The van der Waals surface area contributed by atoms with Crippen LogP contribution in [0.4, 0.5) is 5.69 Å². The van der Waals surface area contributed by atoms with E-state index in [1.54, 1.807) is 0 Å². The van der Waals surface area contributed by atoms with E-state index in [4.69, 9.17) is 15.1 Å². The summed E-state index contributed by atoms with van der Waals surface area (Å²) in [6.07, 6.45) is 5.45. The minimum Gasteiger partial charge on any atom is -0.343 e. The van der Waals surface area contributed by atoms with Crippen LogP contribution in [0.1, 0.15) is 49.5 Å². The fraction of sp³-hybridized carbons (Fsp3) is 0.350. The van der Waals surface area contributed by atoms with Crippen molar-refractivity contribution in [3.63, 3.8) is 0 Å². The van der Waals surface area contributed by atoms with Crippen molar-refractivity contribution in [3.8, 4) is 16.5 Å². The molecule has 2 heterocycles. The van der Waals surface area contributed by atoms with E-state index >= 15 is 0 Å². The van der Waals surface area contributed by atoms with Crippen LogP contribution in [0.5, 0.6) is 0 Å². The van der Waals surface area contributed by atoms with Crippen molar-refractivity contribution < 1.29 is 9.63 Å². The Hall–Kier alpha value is -2.65. The van der Waals surface area contributed by atoms with Gasteiger partial charge >= 0.3 is 5.97 Å². The number of aliphatic imine (C=N–C) groups is 1. The van der Waals surface area contributed by atoms with Crippen molar-refractivity contribution in [2.24, 2.45) is 4.99 Å². The second-order valence-electron chi connectivity index (χ2n) is 6.81. The Kier molecular flexibility index (Phi) is 4.25. The summed E-state index contributed by atoms with van der Waals surface area (Å²) in [5.74, 6) is 0.362. The third-order valence-corrected chi connectivity index (χ3v) is 6.24. The minimum atomic E-state index is -0.377. The van der Waals surface area contributed by atoms with Crippen LogP contribution >= 0.6 is 11.3 Å². The fourth-order valence-electron chi connectivity index (χ4n) is 3.98. The molecule has 1 fully saturated rings. The third-order valence-electron chi connectivity index (χ3n) is 5.20. The van der Waals surface area contributed by atoms with Gasteiger partial charge in [0.15, 0.2) is 0 Å². The number of benzene rings is 1. The first-order chi connectivity index (χ1) is 12.6. The molecule has 1 saturated carbocycles. The first-order valence-electron chi connectivity index (χ1n) is 8.80. The predicted octanol–water partition coefficient (Wildman–Crippen LogP) is 4.60. The minimum absolute atomic E-state index is 0.214. The summed E-state index contributed by atoms with van der Waals surface area (Å²) in [7, 11) is 0. The number of amidine groups is 1. The summed E-state index contributed by atoms with van der Waals surface area (Å²) in [4.78, 5) is 22.8. The zero-order chi connectivity index (χ0) is 18.1. The fourth-order valence-corrected chi connectivity index (χ4v) is 4.78. The topological polar surface area (TPSA) is 74.5 Å². The molecule has 1 aromatic heterocycles. The SMILES string of the molecule is CC(=O)ONC1=Nc2ccc(-c3ccc(C#N)s3)cc2C12CCCCC2. The van der Waals surface area contributed by atoms with Crippen LogP contribution < -0.4 is 5.48 Å². The maximum Gasteiger partial charge on any atom is 0.329 e. The first kappa shape index (κ1) is 16.8. The number of nitrogens with zero attached hydrogens (tertiary/aromatic N) is 2. The Morgan fingerprint density at radius 2 is 2.08 bits per heavy atom. The maximum atomic E-state index is 11.2.